The summed E-state index contributed by atoms with van der Waals surface area (Å²) in [5.41, 5.74) is 3.61. The van der Waals surface area contributed by atoms with E-state index in [0.717, 1.165) is 49.5 Å². The van der Waals surface area contributed by atoms with Gasteiger partial charge in [0, 0.05) is 29.5 Å². The van der Waals surface area contributed by atoms with Crippen LogP contribution in [-0.4, -0.2) is 37.5 Å². The van der Waals surface area contributed by atoms with Crippen molar-refractivity contribution in [3.05, 3.63) is 29.2 Å². The highest BCUT2D eigenvalue weighted by molar-refractivity contribution is 5.94. The van der Waals surface area contributed by atoms with E-state index in [0.29, 0.717) is 11.6 Å². The molecule has 0 radical (unpaired) electrons. The lowest BCUT2D eigenvalue weighted by Crippen LogP contribution is -2.50. The van der Waals surface area contributed by atoms with Gasteiger partial charge in [0.05, 0.1) is 0 Å². The van der Waals surface area contributed by atoms with Crippen molar-refractivity contribution >= 4 is 11.6 Å². The lowest BCUT2D eigenvalue weighted by Gasteiger charge is -2.42. The summed E-state index contributed by atoms with van der Waals surface area (Å²) in [4.78, 5) is 20.3. The molecular formula is C24H36N4O. The Labute approximate surface area is 174 Å². The third kappa shape index (κ3) is 4.06. The third-order valence-electron chi connectivity index (χ3n) is 7.21. The van der Waals surface area contributed by atoms with Gasteiger partial charge in [-0.1, -0.05) is 39.5 Å². The zero-order valence-corrected chi connectivity index (χ0v) is 18.6. The summed E-state index contributed by atoms with van der Waals surface area (Å²) < 4.78 is 1.93. The molecule has 158 valence electrons. The predicted octanol–water partition coefficient (Wildman–Crippen LogP) is 5.38. The number of carbonyl (C=O) groups excluding carboxylic acids is 1. The van der Waals surface area contributed by atoms with Crippen LogP contribution in [-0.2, 0) is 6.42 Å². The molecule has 2 aromatic heterocycles. The van der Waals surface area contributed by atoms with E-state index in [1.54, 1.807) is 0 Å². The van der Waals surface area contributed by atoms with Crippen molar-refractivity contribution in [3.63, 3.8) is 0 Å². The second-order valence-corrected chi connectivity index (χ2v) is 9.86. The van der Waals surface area contributed by atoms with E-state index >= 15 is 0 Å². The quantitative estimate of drug-likeness (QED) is 0.682. The largest absolute Gasteiger partial charge is 0.332 e. The zero-order valence-electron chi connectivity index (χ0n) is 18.6. The normalized spacial score (nSPS) is 21.0. The maximum Gasteiger partial charge on any atom is 0.274 e. The highest BCUT2D eigenvalue weighted by Gasteiger charge is 2.35. The van der Waals surface area contributed by atoms with E-state index in [-0.39, 0.29) is 11.4 Å². The lowest BCUT2D eigenvalue weighted by atomic mass is 9.90. The molecule has 1 atom stereocenters. The Kier molecular flexibility index (Phi) is 5.67. The lowest BCUT2D eigenvalue weighted by molar-refractivity contribution is 0.0427. The SMILES string of the molecule is CCC(C)c1cc(CC2CCCC2)nc2cc(C(=O)N3CCCCC3(C)C)nn12. The van der Waals surface area contributed by atoms with Crippen LogP contribution in [0, 0.1) is 5.92 Å². The van der Waals surface area contributed by atoms with E-state index in [2.05, 4.69) is 33.8 Å². The van der Waals surface area contributed by atoms with Gasteiger partial charge in [0.15, 0.2) is 11.3 Å². The summed E-state index contributed by atoms with van der Waals surface area (Å²) in [6.45, 7) is 9.60. The zero-order chi connectivity index (χ0) is 20.6. The predicted molar refractivity (Wildman–Crippen MR) is 116 cm³/mol. The van der Waals surface area contributed by atoms with E-state index in [1.807, 2.05) is 15.5 Å². The molecule has 1 amide bonds. The molecular weight excluding hydrogens is 360 g/mol. The van der Waals surface area contributed by atoms with Crippen molar-refractivity contribution in [2.75, 3.05) is 6.54 Å². The number of nitrogens with zero attached hydrogens (tertiary/aromatic N) is 4. The number of amides is 1. The summed E-state index contributed by atoms with van der Waals surface area (Å²) in [5.74, 6) is 1.19. The van der Waals surface area contributed by atoms with Crippen LogP contribution >= 0.6 is 0 Å². The van der Waals surface area contributed by atoms with Gasteiger partial charge in [-0.05, 0) is 63.9 Å². The number of likely N-dealkylation sites (tertiary alicyclic amines) is 1. The average Bonchev–Trinajstić information content (AvgIpc) is 3.35. The minimum absolute atomic E-state index is 0.0487. The Bertz CT molecular complexity index is 878. The molecule has 2 aliphatic rings. The van der Waals surface area contributed by atoms with Crippen LogP contribution in [0.5, 0.6) is 0 Å². The van der Waals surface area contributed by atoms with Gasteiger partial charge in [-0.25, -0.2) is 9.50 Å². The number of carbonyl (C=O) groups is 1. The number of piperidine rings is 1. The summed E-state index contributed by atoms with van der Waals surface area (Å²) in [5, 5.41) is 4.76. The van der Waals surface area contributed by atoms with Gasteiger partial charge in [-0.3, -0.25) is 4.79 Å². The van der Waals surface area contributed by atoms with E-state index in [9.17, 15) is 4.79 Å². The van der Waals surface area contributed by atoms with E-state index in [4.69, 9.17) is 10.1 Å². The van der Waals surface area contributed by atoms with Gasteiger partial charge in [-0.15, -0.1) is 0 Å². The van der Waals surface area contributed by atoms with Crippen LogP contribution in [0.15, 0.2) is 12.1 Å². The van der Waals surface area contributed by atoms with Gasteiger partial charge in [-0.2, -0.15) is 5.10 Å². The minimum atomic E-state index is -0.105. The molecule has 0 N–H and O–H groups in total. The molecule has 1 aliphatic heterocycles. The first-order valence-electron chi connectivity index (χ1n) is 11.6. The summed E-state index contributed by atoms with van der Waals surface area (Å²) >= 11 is 0. The first-order chi connectivity index (χ1) is 13.9. The smallest absolute Gasteiger partial charge is 0.274 e. The van der Waals surface area contributed by atoms with Gasteiger partial charge in [0.25, 0.3) is 5.91 Å². The third-order valence-corrected chi connectivity index (χ3v) is 7.21. The first-order valence-corrected chi connectivity index (χ1v) is 11.6. The highest BCUT2D eigenvalue weighted by Crippen LogP contribution is 2.31. The maximum absolute atomic E-state index is 13.3. The fraction of sp³-hybridized carbons (Fsp3) is 0.708. The second kappa shape index (κ2) is 8.08. The minimum Gasteiger partial charge on any atom is -0.332 e. The van der Waals surface area contributed by atoms with Crippen LogP contribution in [0.4, 0.5) is 0 Å². The highest BCUT2D eigenvalue weighted by atomic mass is 16.2. The Balaban J connectivity index is 1.70. The molecule has 3 heterocycles. The molecule has 5 nitrogen and oxygen atoms in total. The molecule has 0 bridgehead atoms. The van der Waals surface area contributed by atoms with Crippen LogP contribution in [0.2, 0.25) is 0 Å². The number of hydrogen-bond acceptors (Lipinski definition) is 3. The molecule has 5 heteroatoms. The van der Waals surface area contributed by atoms with Gasteiger partial charge in [0.1, 0.15) is 0 Å². The first kappa shape index (κ1) is 20.4. The van der Waals surface area contributed by atoms with E-state index in [1.165, 1.54) is 37.8 Å². The number of fused-ring (bicyclic) bond motifs is 1. The molecule has 29 heavy (non-hydrogen) atoms. The van der Waals surface area contributed by atoms with Crippen LogP contribution in [0.3, 0.4) is 0 Å². The molecule has 2 fully saturated rings. The monoisotopic (exact) mass is 396 g/mol. The van der Waals surface area contributed by atoms with Crippen molar-refractivity contribution < 1.29 is 4.79 Å². The van der Waals surface area contributed by atoms with Crippen LogP contribution in [0.25, 0.3) is 5.65 Å². The fourth-order valence-corrected chi connectivity index (χ4v) is 5.11. The molecule has 0 spiro atoms. The number of rotatable bonds is 5. The van der Waals surface area contributed by atoms with Crippen LogP contribution in [0.1, 0.15) is 107 Å². The molecule has 1 saturated carbocycles. The Morgan fingerprint density at radius 3 is 2.66 bits per heavy atom. The summed E-state index contributed by atoms with van der Waals surface area (Å²) in [6.07, 6.45) is 10.7. The maximum atomic E-state index is 13.3. The molecule has 4 rings (SSSR count). The molecule has 1 unspecified atom stereocenters. The number of aromatic nitrogens is 3. The van der Waals surface area contributed by atoms with Crippen molar-refractivity contribution in [2.45, 2.75) is 96.9 Å². The van der Waals surface area contributed by atoms with Gasteiger partial charge >= 0.3 is 0 Å². The van der Waals surface area contributed by atoms with E-state index < -0.39 is 0 Å². The van der Waals surface area contributed by atoms with Gasteiger partial charge < -0.3 is 4.90 Å². The van der Waals surface area contributed by atoms with Crippen molar-refractivity contribution in [2.24, 2.45) is 5.92 Å². The topological polar surface area (TPSA) is 50.5 Å². The van der Waals surface area contributed by atoms with Gasteiger partial charge in [0.2, 0.25) is 0 Å². The van der Waals surface area contributed by atoms with Crippen molar-refractivity contribution in [1.82, 2.24) is 19.5 Å². The Hall–Kier alpha value is -1.91. The summed E-state index contributed by atoms with van der Waals surface area (Å²) in [7, 11) is 0. The Morgan fingerprint density at radius 1 is 1.21 bits per heavy atom. The molecule has 2 aromatic rings. The second-order valence-electron chi connectivity index (χ2n) is 9.86. The molecule has 1 aliphatic carbocycles. The fourth-order valence-electron chi connectivity index (χ4n) is 5.11. The summed E-state index contributed by atoms with van der Waals surface area (Å²) in [6, 6.07) is 4.16. The van der Waals surface area contributed by atoms with Crippen molar-refractivity contribution in [1.29, 1.82) is 0 Å². The Morgan fingerprint density at radius 2 is 1.97 bits per heavy atom. The molecule has 1 saturated heterocycles. The van der Waals surface area contributed by atoms with Crippen LogP contribution < -0.4 is 0 Å². The average molecular weight is 397 g/mol. The van der Waals surface area contributed by atoms with Crippen molar-refractivity contribution in [3.8, 4) is 0 Å². The molecule has 0 aromatic carbocycles. The number of hydrogen-bond donors (Lipinski definition) is 0. The standard InChI is InChI=1S/C24H36N4O/c1-5-17(2)21-15-19(14-18-10-6-7-11-18)25-22-16-20(26-28(21)22)23(29)27-13-9-8-12-24(27,3)4/h15-18H,5-14H2,1-4H3.